The summed E-state index contributed by atoms with van der Waals surface area (Å²) in [7, 11) is 0. The van der Waals surface area contributed by atoms with Gasteiger partial charge in [-0.25, -0.2) is 0 Å². The monoisotopic (exact) mass is 241 g/mol. The minimum Gasteiger partial charge on any atom is -0.299 e. The summed E-state index contributed by atoms with van der Waals surface area (Å²) >= 11 is 0. The van der Waals surface area contributed by atoms with Crippen LogP contribution >= 0.6 is 0 Å². The average Bonchev–Trinajstić information content (AvgIpc) is 2.94. The van der Waals surface area contributed by atoms with Crippen molar-refractivity contribution in [3.63, 3.8) is 0 Å². The van der Waals surface area contributed by atoms with Crippen LogP contribution in [0.3, 0.4) is 0 Å². The summed E-state index contributed by atoms with van der Waals surface area (Å²) in [6, 6.07) is 10.8. The van der Waals surface area contributed by atoms with Gasteiger partial charge in [0.2, 0.25) is 0 Å². The number of hydrogen-bond donors (Lipinski definition) is 0. The first kappa shape index (κ1) is 12.0. The second kappa shape index (κ2) is 5.71. The number of hydrogen-bond acceptors (Lipinski definition) is 1. The van der Waals surface area contributed by atoms with Crippen molar-refractivity contribution >= 4 is 5.57 Å². The van der Waals surface area contributed by atoms with Crippen LogP contribution in [0.4, 0.5) is 0 Å². The van der Waals surface area contributed by atoms with E-state index in [1.165, 1.54) is 50.8 Å². The highest BCUT2D eigenvalue weighted by atomic mass is 15.1. The molecule has 3 rings (SSSR count). The van der Waals surface area contributed by atoms with Gasteiger partial charge in [0.05, 0.1) is 0 Å². The van der Waals surface area contributed by atoms with Crippen molar-refractivity contribution in [1.82, 2.24) is 4.90 Å². The van der Waals surface area contributed by atoms with Gasteiger partial charge >= 0.3 is 0 Å². The van der Waals surface area contributed by atoms with Gasteiger partial charge in [0.15, 0.2) is 0 Å². The molecule has 0 amide bonds. The van der Waals surface area contributed by atoms with E-state index in [9.17, 15) is 0 Å². The summed E-state index contributed by atoms with van der Waals surface area (Å²) in [5, 5.41) is 0. The van der Waals surface area contributed by atoms with E-state index in [0.29, 0.717) is 0 Å². The van der Waals surface area contributed by atoms with Gasteiger partial charge in [0.25, 0.3) is 0 Å². The van der Waals surface area contributed by atoms with Crippen LogP contribution in [-0.4, -0.2) is 24.5 Å². The van der Waals surface area contributed by atoms with Crippen LogP contribution in [0, 0.1) is 5.92 Å². The van der Waals surface area contributed by atoms with Gasteiger partial charge in [0.1, 0.15) is 0 Å². The van der Waals surface area contributed by atoms with Crippen molar-refractivity contribution in [2.75, 3.05) is 19.6 Å². The van der Waals surface area contributed by atoms with Crippen molar-refractivity contribution in [1.29, 1.82) is 0 Å². The molecule has 0 atom stereocenters. The van der Waals surface area contributed by atoms with Crippen molar-refractivity contribution in [3.8, 4) is 0 Å². The number of rotatable bonds is 3. The van der Waals surface area contributed by atoms with E-state index in [-0.39, 0.29) is 0 Å². The lowest BCUT2D eigenvalue weighted by atomic mass is 9.98. The van der Waals surface area contributed by atoms with Gasteiger partial charge in [-0.1, -0.05) is 49.2 Å². The molecule has 1 aromatic carbocycles. The topological polar surface area (TPSA) is 3.24 Å². The Balaban J connectivity index is 1.57. The molecule has 0 unspecified atom stereocenters. The second-order valence-electron chi connectivity index (χ2n) is 5.76. The van der Waals surface area contributed by atoms with E-state index in [1.807, 2.05) is 0 Å². The minimum absolute atomic E-state index is 0.983. The average molecular weight is 241 g/mol. The van der Waals surface area contributed by atoms with Gasteiger partial charge in [-0.3, -0.25) is 4.90 Å². The van der Waals surface area contributed by atoms with Crippen molar-refractivity contribution in [2.24, 2.45) is 5.92 Å². The minimum atomic E-state index is 0.983. The van der Waals surface area contributed by atoms with E-state index >= 15 is 0 Å². The van der Waals surface area contributed by atoms with Crippen LogP contribution in [0.25, 0.3) is 5.57 Å². The zero-order valence-electron chi connectivity index (χ0n) is 11.1. The Morgan fingerprint density at radius 3 is 2.50 bits per heavy atom. The molecule has 1 aliphatic heterocycles. The Kier molecular flexibility index (Phi) is 3.80. The van der Waals surface area contributed by atoms with Gasteiger partial charge in [-0.15, -0.1) is 0 Å². The van der Waals surface area contributed by atoms with Crippen molar-refractivity contribution in [3.05, 3.63) is 42.0 Å². The fourth-order valence-electron chi connectivity index (χ4n) is 3.35. The smallest absolute Gasteiger partial charge is 0.0169 e. The highest BCUT2D eigenvalue weighted by Gasteiger charge is 2.20. The third kappa shape index (κ3) is 2.84. The molecule has 1 fully saturated rings. The van der Waals surface area contributed by atoms with E-state index < -0.39 is 0 Å². The standard InChI is InChI=1S/C17H23N/c1-2-8-16(9-3-1)17-10-12-18(13-11-17)14-15-6-4-5-7-15/h1-3,8-10,15H,4-7,11-14H2. The lowest BCUT2D eigenvalue weighted by molar-refractivity contribution is 0.253. The third-order valence-electron chi connectivity index (χ3n) is 4.43. The van der Waals surface area contributed by atoms with Crippen LogP contribution < -0.4 is 0 Å². The number of nitrogens with zero attached hydrogens (tertiary/aromatic N) is 1. The quantitative estimate of drug-likeness (QED) is 0.774. The van der Waals surface area contributed by atoms with E-state index in [2.05, 4.69) is 41.3 Å². The molecule has 1 aliphatic carbocycles. The highest BCUT2D eigenvalue weighted by Crippen LogP contribution is 2.27. The normalized spacial score (nSPS) is 22.1. The van der Waals surface area contributed by atoms with Gasteiger partial charge in [-0.05, 0) is 36.3 Å². The lowest BCUT2D eigenvalue weighted by Gasteiger charge is -2.28. The Morgan fingerprint density at radius 2 is 1.83 bits per heavy atom. The zero-order chi connectivity index (χ0) is 12.2. The van der Waals surface area contributed by atoms with E-state index in [4.69, 9.17) is 0 Å². The summed E-state index contributed by atoms with van der Waals surface area (Å²) in [6.45, 7) is 3.73. The first-order chi connectivity index (χ1) is 8.92. The molecule has 18 heavy (non-hydrogen) atoms. The molecular weight excluding hydrogens is 218 g/mol. The molecule has 0 spiro atoms. The number of benzene rings is 1. The Hall–Kier alpha value is -1.08. The zero-order valence-corrected chi connectivity index (χ0v) is 11.1. The molecule has 1 heterocycles. The van der Waals surface area contributed by atoms with Crippen LogP contribution in [-0.2, 0) is 0 Å². The van der Waals surface area contributed by atoms with E-state index in [0.717, 1.165) is 12.5 Å². The molecule has 1 heteroatoms. The summed E-state index contributed by atoms with van der Waals surface area (Å²) < 4.78 is 0. The van der Waals surface area contributed by atoms with Crippen LogP contribution in [0.1, 0.15) is 37.7 Å². The summed E-state index contributed by atoms with van der Waals surface area (Å²) in [4.78, 5) is 2.64. The van der Waals surface area contributed by atoms with Gasteiger partial charge in [0, 0.05) is 19.6 Å². The lowest BCUT2D eigenvalue weighted by Crippen LogP contribution is -2.32. The summed E-state index contributed by atoms with van der Waals surface area (Å²) in [5.41, 5.74) is 2.95. The predicted octanol–water partition coefficient (Wildman–Crippen LogP) is 3.97. The van der Waals surface area contributed by atoms with Crippen LogP contribution in [0.15, 0.2) is 36.4 Å². The van der Waals surface area contributed by atoms with Gasteiger partial charge < -0.3 is 0 Å². The molecule has 1 nitrogen and oxygen atoms in total. The molecule has 1 saturated carbocycles. The predicted molar refractivity (Wildman–Crippen MR) is 77.4 cm³/mol. The fourth-order valence-corrected chi connectivity index (χ4v) is 3.35. The first-order valence-electron chi connectivity index (χ1n) is 7.38. The third-order valence-corrected chi connectivity index (χ3v) is 4.43. The van der Waals surface area contributed by atoms with Crippen molar-refractivity contribution in [2.45, 2.75) is 32.1 Å². The molecule has 0 radical (unpaired) electrons. The van der Waals surface area contributed by atoms with Crippen LogP contribution in [0.5, 0.6) is 0 Å². The van der Waals surface area contributed by atoms with Crippen LogP contribution in [0.2, 0.25) is 0 Å². The second-order valence-corrected chi connectivity index (χ2v) is 5.76. The Labute approximate surface area is 111 Å². The molecule has 0 aromatic heterocycles. The maximum absolute atomic E-state index is 2.64. The maximum Gasteiger partial charge on any atom is 0.0169 e. The Bertz CT molecular complexity index is 401. The first-order valence-corrected chi connectivity index (χ1v) is 7.38. The maximum atomic E-state index is 2.64. The van der Waals surface area contributed by atoms with Gasteiger partial charge in [-0.2, -0.15) is 0 Å². The molecule has 0 saturated heterocycles. The molecule has 1 aromatic rings. The molecule has 0 bridgehead atoms. The molecule has 96 valence electrons. The highest BCUT2D eigenvalue weighted by molar-refractivity contribution is 5.66. The largest absolute Gasteiger partial charge is 0.299 e. The molecular formula is C17H23N. The summed E-state index contributed by atoms with van der Waals surface area (Å²) in [5.74, 6) is 0.983. The Morgan fingerprint density at radius 1 is 1.06 bits per heavy atom. The van der Waals surface area contributed by atoms with Crippen molar-refractivity contribution < 1.29 is 0 Å². The fraction of sp³-hybridized carbons (Fsp3) is 0.529. The molecule has 2 aliphatic rings. The SMILES string of the molecule is C1=C(c2ccccc2)CCN(CC2CCCC2)C1. The van der Waals surface area contributed by atoms with E-state index in [1.54, 1.807) is 5.57 Å². The summed E-state index contributed by atoms with van der Waals surface area (Å²) in [6.07, 6.45) is 9.51. The molecule has 0 N–H and O–H groups in total.